The third-order valence-electron chi connectivity index (χ3n) is 3.76. The van der Waals surface area contributed by atoms with E-state index in [0.29, 0.717) is 38.4 Å². The topological polar surface area (TPSA) is 69.4 Å². The van der Waals surface area contributed by atoms with E-state index in [1.165, 1.54) is 0 Å². The second-order valence-corrected chi connectivity index (χ2v) is 8.40. The highest BCUT2D eigenvalue weighted by molar-refractivity contribution is 7.92. The average molecular weight is 277 g/mol. The molecule has 0 unspecified atom stereocenters. The van der Waals surface area contributed by atoms with Gasteiger partial charge in [0.15, 0.2) is 9.84 Å². The Labute approximate surface area is 111 Å². The molecule has 0 amide bonds. The minimum absolute atomic E-state index is 0.127. The molecule has 1 saturated heterocycles. The molecular formula is C13H27NO3S. The molecule has 1 aliphatic heterocycles. The second-order valence-electron chi connectivity index (χ2n) is 6.00. The Kier molecular flexibility index (Phi) is 6.08. The third-order valence-corrected chi connectivity index (χ3v) is 6.11. The lowest BCUT2D eigenvalue weighted by Gasteiger charge is -2.23. The van der Waals surface area contributed by atoms with E-state index in [1.54, 1.807) is 0 Å². The Hall–Kier alpha value is -0.130. The lowest BCUT2D eigenvalue weighted by atomic mass is 9.88. The lowest BCUT2D eigenvalue weighted by molar-refractivity contribution is 0.0983. The van der Waals surface area contributed by atoms with E-state index < -0.39 is 9.84 Å². The van der Waals surface area contributed by atoms with Crippen LogP contribution in [0.15, 0.2) is 0 Å². The number of hydrogen-bond acceptors (Lipinski definition) is 4. The maximum absolute atomic E-state index is 12.1. The quantitative estimate of drug-likeness (QED) is 0.720. The lowest BCUT2D eigenvalue weighted by Crippen LogP contribution is -2.30. The van der Waals surface area contributed by atoms with E-state index in [2.05, 4.69) is 13.8 Å². The van der Waals surface area contributed by atoms with Crippen LogP contribution >= 0.6 is 0 Å². The van der Waals surface area contributed by atoms with Crippen molar-refractivity contribution in [1.82, 2.24) is 0 Å². The predicted molar refractivity (Wildman–Crippen MR) is 74.3 cm³/mol. The van der Waals surface area contributed by atoms with E-state index in [4.69, 9.17) is 10.5 Å². The van der Waals surface area contributed by atoms with E-state index >= 15 is 0 Å². The Morgan fingerprint density at radius 2 is 1.83 bits per heavy atom. The minimum Gasteiger partial charge on any atom is -0.381 e. The number of unbranched alkanes of at least 4 members (excludes halogenated alkanes) is 1. The van der Waals surface area contributed by atoms with Crippen LogP contribution in [0.3, 0.4) is 0 Å². The number of ether oxygens (including phenoxy) is 1. The first-order valence-electron chi connectivity index (χ1n) is 6.87. The highest BCUT2D eigenvalue weighted by Gasteiger charge is 2.27. The van der Waals surface area contributed by atoms with E-state index in [0.717, 1.165) is 19.3 Å². The van der Waals surface area contributed by atoms with E-state index in [1.807, 2.05) is 0 Å². The molecule has 0 radical (unpaired) electrons. The summed E-state index contributed by atoms with van der Waals surface area (Å²) in [6, 6.07) is 0. The van der Waals surface area contributed by atoms with Gasteiger partial charge in [0.25, 0.3) is 0 Å². The summed E-state index contributed by atoms with van der Waals surface area (Å²) in [5.41, 5.74) is 5.79. The molecule has 0 aromatic carbocycles. The fourth-order valence-electron chi connectivity index (χ4n) is 2.21. The van der Waals surface area contributed by atoms with Crippen molar-refractivity contribution in [3.8, 4) is 0 Å². The number of rotatable bonds is 7. The fourth-order valence-corrected chi connectivity index (χ4v) is 4.06. The van der Waals surface area contributed by atoms with Crippen molar-refractivity contribution in [2.24, 2.45) is 11.1 Å². The SMILES string of the molecule is CC(C)(CN)CCCCS(=O)(=O)C1CCOCC1. The van der Waals surface area contributed by atoms with Crippen LogP contribution in [0.4, 0.5) is 0 Å². The van der Waals surface area contributed by atoms with Gasteiger partial charge in [-0.1, -0.05) is 20.3 Å². The highest BCUT2D eigenvalue weighted by atomic mass is 32.2. The predicted octanol–water partition coefficient (Wildman–Crippen LogP) is 1.74. The highest BCUT2D eigenvalue weighted by Crippen LogP contribution is 2.23. The van der Waals surface area contributed by atoms with Crippen molar-refractivity contribution in [3.63, 3.8) is 0 Å². The van der Waals surface area contributed by atoms with Gasteiger partial charge in [0.1, 0.15) is 0 Å². The number of nitrogens with two attached hydrogens (primary N) is 1. The Bertz CT molecular complexity index is 332. The zero-order chi connectivity index (χ0) is 13.6. The summed E-state index contributed by atoms with van der Waals surface area (Å²) in [5.74, 6) is 0.318. The molecule has 2 N–H and O–H groups in total. The van der Waals surface area contributed by atoms with Crippen LogP contribution in [-0.4, -0.2) is 39.2 Å². The van der Waals surface area contributed by atoms with Gasteiger partial charge in [-0.3, -0.25) is 0 Å². The first-order chi connectivity index (χ1) is 8.37. The smallest absolute Gasteiger partial charge is 0.153 e. The van der Waals surface area contributed by atoms with Crippen molar-refractivity contribution in [3.05, 3.63) is 0 Å². The summed E-state index contributed by atoms with van der Waals surface area (Å²) in [5, 5.41) is -0.172. The van der Waals surface area contributed by atoms with E-state index in [-0.39, 0.29) is 10.7 Å². The monoisotopic (exact) mass is 277 g/mol. The average Bonchev–Trinajstić information content (AvgIpc) is 2.36. The summed E-state index contributed by atoms with van der Waals surface area (Å²) in [6.45, 7) is 6.08. The minimum atomic E-state index is -2.92. The molecule has 108 valence electrons. The van der Waals surface area contributed by atoms with Crippen LogP contribution in [0.1, 0.15) is 46.0 Å². The van der Waals surface area contributed by atoms with Gasteiger partial charge in [0.2, 0.25) is 0 Å². The molecular weight excluding hydrogens is 250 g/mol. The molecule has 0 saturated carbocycles. The molecule has 4 nitrogen and oxygen atoms in total. The molecule has 5 heteroatoms. The Morgan fingerprint density at radius 3 is 2.39 bits per heavy atom. The molecule has 1 rings (SSSR count). The van der Waals surface area contributed by atoms with Crippen molar-refractivity contribution < 1.29 is 13.2 Å². The molecule has 18 heavy (non-hydrogen) atoms. The summed E-state index contributed by atoms with van der Waals surface area (Å²) in [7, 11) is -2.92. The van der Waals surface area contributed by atoms with Crippen LogP contribution in [0.5, 0.6) is 0 Å². The third kappa shape index (κ3) is 5.24. The molecule has 0 aliphatic carbocycles. The van der Waals surface area contributed by atoms with Crippen LogP contribution in [0, 0.1) is 5.41 Å². The summed E-state index contributed by atoms with van der Waals surface area (Å²) >= 11 is 0. The second kappa shape index (κ2) is 6.87. The zero-order valence-electron chi connectivity index (χ0n) is 11.7. The molecule has 1 fully saturated rings. The first-order valence-corrected chi connectivity index (χ1v) is 8.58. The fraction of sp³-hybridized carbons (Fsp3) is 1.00. The molecule has 0 spiro atoms. The van der Waals surface area contributed by atoms with Crippen LogP contribution in [0.2, 0.25) is 0 Å². The van der Waals surface area contributed by atoms with Gasteiger partial charge in [-0.15, -0.1) is 0 Å². The maximum Gasteiger partial charge on any atom is 0.153 e. The van der Waals surface area contributed by atoms with Crippen molar-refractivity contribution in [2.45, 2.75) is 51.2 Å². The van der Waals surface area contributed by atoms with Gasteiger partial charge < -0.3 is 10.5 Å². The largest absolute Gasteiger partial charge is 0.381 e. The van der Waals surface area contributed by atoms with Crippen molar-refractivity contribution in [2.75, 3.05) is 25.5 Å². The van der Waals surface area contributed by atoms with Gasteiger partial charge in [-0.25, -0.2) is 8.42 Å². The summed E-state index contributed by atoms with van der Waals surface area (Å²) < 4.78 is 29.4. The Morgan fingerprint density at radius 1 is 1.22 bits per heavy atom. The first kappa shape index (κ1) is 15.9. The molecule has 1 heterocycles. The van der Waals surface area contributed by atoms with Gasteiger partial charge in [-0.05, 0) is 37.6 Å². The number of sulfone groups is 1. The number of hydrogen-bond donors (Lipinski definition) is 1. The van der Waals surface area contributed by atoms with Crippen LogP contribution in [-0.2, 0) is 14.6 Å². The normalized spacial score (nSPS) is 19.1. The molecule has 0 bridgehead atoms. The van der Waals surface area contributed by atoms with Crippen molar-refractivity contribution >= 4 is 9.84 Å². The zero-order valence-corrected chi connectivity index (χ0v) is 12.5. The van der Waals surface area contributed by atoms with Crippen LogP contribution < -0.4 is 5.73 Å². The Balaban J connectivity index is 2.29. The van der Waals surface area contributed by atoms with Gasteiger partial charge >= 0.3 is 0 Å². The van der Waals surface area contributed by atoms with Crippen molar-refractivity contribution in [1.29, 1.82) is 0 Å². The van der Waals surface area contributed by atoms with Gasteiger partial charge in [0, 0.05) is 13.2 Å². The molecule has 0 aromatic rings. The molecule has 0 aromatic heterocycles. The maximum atomic E-state index is 12.1. The molecule has 1 aliphatic rings. The standard InChI is InChI=1S/C13H27NO3S/c1-13(2,11-14)7-3-4-10-18(15,16)12-5-8-17-9-6-12/h12H,3-11,14H2,1-2H3. The summed E-state index contributed by atoms with van der Waals surface area (Å²) in [6.07, 6.45) is 4.01. The van der Waals surface area contributed by atoms with Gasteiger partial charge in [-0.2, -0.15) is 0 Å². The summed E-state index contributed by atoms with van der Waals surface area (Å²) in [4.78, 5) is 0. The van der Waals surface area contributed by atoms with Gasteiger partial charge in [0.05, 0.1) is 11.0 Å². The molecule has 0 atom stereocenters. The van der Waals surface area contributed by atoms with Crippen LogP contribution in [0.25, 0.3) is 0 Å². The van der Waals surface area contributed by atoms with E-state index in [9.17, 15) is 8.42 Å².